The van der Waals surface area contributed by atoms with Crippen LogP contribution in [0.2, 0.25) is 0 Å². The van der Waals surface area contributed by atoms with Gasteiger partial charge in [-0.2, -0.15) is 0 Å². The number of halogens is 1. The van der Waals surface area contributed by atoms with Gasteiger partial charge in [0.15, 0.2) is 11.6 Å². The van der Waals surface area contributed by atoms with Gasteiger partial charge in [-0.3, -0.25) is 4.90 Å². The van der Waals surface area contributed by atoms with Gasteiger partial charge in [-0.15, -0.1) is 0 Å². The molecular weight excluding hydrogens is 231 g/mol. The lowest BCUT2D eigenvalue weighted by atomic mass is 10.0. The molecule has 0 amide bonds. The maximum Gasteiger partial charge on any atom is 0.165 e. The summed E-state index contributed by atoms with van der Waals surface area (Å²) in [6.07, 6.45) is 0. The zero-order valence-electron chi connectivity index (χ0n) is 11.7. The van der Waals surface area contributed by atoms with Crippen LogP contribution < -0.4 is 10.5 Å². The number of rotatable bonds is 6. The second-order valence-electron chi connectivity index (χ2n) is 5.07. The molecule has 0 heterocycles. The lowest BCUT2D eigenvalue weighted by Gasteiger charge is -2.34. The van der Waals surface area contributed by atoms with E-state index in [9.17, 15) is 4.39 Å². The van der Waals surface area contributed by atoms with Gasteiger partial charge < -0.3 is 10.5 Å². The normalized spacial score (nSPS) is 11.9. The fraction of sp³-hybridized carbons (Fsp3) is 0.571. The van der Waals surface area contributed by atoms with Crippen LogP contribution >= 0.6 is 0 Å². The number of hydrogen-bond acceptors (Lipinski definition) is 3. The van der Waals surface area contributed by atoms with Crippen LogP contribution in [0.3, 0.4) is 0 Å². The molecule has 0 fully saturated rings. The topological polar surface area (TPSA) is 38.5 Å². The third-order valence-electron chi connectivity index (χ3n) is 3.25. The van der Waals surface area contributed by atoms with Gasteiger partial charge in [0.05, 0.1) is 6.61 Å². The first-order valence-corrected chi connectivity index (χ1v) is 6.23. The average molecular weight is 254 g/mol. The van der Waals surface area contributed by atoms with Gasteiger partial charge in [-0.25, -0.2) is 4.39 Å². The van der Waals surface area contributed by atoms with Crippen molar-refractivity contribution in [2.45, 2.75) is 32.9 Å². The summed E-state index contributed by atoms with van der Waals surface area (Å²) in [6, 6.07) is 5.09. The molecule has 4 heteroatoms. The van der Waals surface area contributed by atoms with E-state index in [-0.39, 0.29) is 11.4 Å². The maximum atomic E-state index is 13.7. The molecule has 0 aliphatic rings. The Kier molecular flexibility index (Phi) is 5.11. The van der Waals surface area contributed by atoms with Gasteiger partial charge >= 0.3 is 0 Å². The number of likely N-dealkylation sites (N-methyl/N-ethyl adjacent to an activating group) is 1. The molecule has 1 aromatic carbocycles. The van der Waals surface area contributed by atoms with E-state index in [2.05, 4.69) is 18.7 Å². The first kappa shape index (κ1) is 14.9. The summed E-state index contributed by atoms with van der Waals surface area (Å²) in [6.45, 7) is 7.66. The summed E-state index contributed by atoms with van der Waals surface area (Å²) in [7, 11) is 1.99. The molecule has 0 spiro atoms. The molecule has 0 saturated heterocycles. The molecule has 2 N–H and O–H groups in total. The van der Waals surface area contributed by atoms with E-state index in [1.54, 1.807) is 6.07 Å². The molecule has 18 heavy (non-hydrogen) atoms. The van der Waals surface area contributed by atoms with Gasteiger partial charge in [0.1, 0.15) is 0 Å². The summed E-state index contributed by atoms with van der Waals surface area (Å²) < 4.78 is 18.9. The van der Waals surface area contributed by atoms with E-state index in [1.165, 1.54) is 6.07 Å². The minimum absolute atomic E-state index is 0.102. The van der Waals surface area contributed by atoms with E-state index < -0.39 is 0 Å². The minimum atomic E-state index is -0.312. The Hall–Kier alpha value is -1.13. The standard InChI is InChI=1S/C14H23FN2O/c1-5-18-13-7-6-11(8-12(13)15)9-17(4)14(2,3)10-16/h6-8H,5,9-10,16H2,1-4H3. The second kappa shape index (κ2) is 6.16. The molecule has 0 unspecified atom stereocenters. The van der Waals surface area contributed by atoms with Crippen LogP contribution in [0, 0.1) is 5.82 Å². The molecule has 0 atom stereocenters. The minimum Gasteiger partial charge on any atom is -0.491 e. The Balaban J connectivity index is 2.77. The molecule has 3 nitrogen and oxygen atoms in total. The summed E-state index contributed by atoms with van der Waals surface area (Å²) >= 11 is 0. The van der Waals surface area contributed by atoms with Crippen molar-refractivity contribution >= 4 is 0 Å². The highest BCUT2D eigenvalue weighted by atomic mass is 19.1. The fourth-order valence-corrected chi connectivity index (χ4v) is 1.56. The van der Waals surface area contributed by atoms with Crippen molar-refractivity contribution in [2.24, 2.45) is 5.73 Å². The number of nitrogens with zero attached hydrogens (tertiary/aromatic N) is 1. The molecule has 0 aliphatic heterocycles. The van der Waals surface area contributed by atoms with Gasteiger partial charge in [0.2, 0.25) is 0 Å². The largest absolute Gasteiger partial charge is 0.491 e. The number of hydrogen-bond donors (Lipinski definition) is 1. The Morgan fingerprint density at radius 2 is 2.06 bits per heavy atom. The Bertz CT molecular complexity index is 393. The van der Waals surface area contributed by atoms with Crippen molar-refractivity contribution in [3.8, 4) is 5.75 Å². The summed E-state index contributed by atoms with van der Waals surface area (Å²) in [5, 5.41) is 0. The van der Waals surface area contributed by atoms with E-state index in [0.717, 1.165) is 5.56 Å². The molecule has 0 aliphatic carbocycles. The van der Waals surface area contributed by atoms with Crippen molar-refractivity contribution in [1.29, 1.82) is 0 Å². The van der Waals surface area contributed by atoms with Crippen LogP contribution in [0.15, 0.2) is 18.2 Å². The number of benzene rings is 1. The second-order valence-corrected chi connectivity index (χ2v) is 5.07. The molecular formula is C14H23FN2O. The van der Waals surface area contributed by atoms with Crippen LogP contribution in [0.5, 0.6) is 5.75 Å². The SMILES string of the molecule is CCOc1ccc(CN(C)C(C)(C)CN)cc1F. The Labute approximate surface area is 109 Å². The quantitative estimate of drug-likeness (QED) is 0.847. The van der Waals surface area contributed by atoms with Crippen LogP contribution in [-0.2, 0) is 6.54 Å². The van der Waals surface area contributed by atoms with Gasteiger partial charge in [0.25, 0.3) is 0 Å². The monoisotopic (exact) mass is 254 g/mol. The first-order chi connectivity index (χ1) is 8.40. The first-order valence-electron chi connectivity index (χ1n) is 6.23. The average Bonchev–Trinajstić information content (AvgIpc) is 2.32. The zero-order chi connectivity index (χ0) is 13.8. The van der Waals surface area contributed by atoms with Gasteiger partial charge in [0, 0.05) is 18.6 Å². The van der Waals surface area contributed by atoms with E-state index in [1.807, 2.05) is 20.0 Å². The Morgan fingerprint density at radius 1 is 1.39 bits per heavy atom. The molecule has 0 bridgehead atoms. The molecule has 1 rings (SSSR count). The smallest absolute Gasteiger partial charge is 0.165 e. The lowest BCUT2D eigenvalue weighted by molar-refractivity contribution is 0.155. The highest BCUT2D eigenvalue weighted by molar-refractivity contribution is 5.29. The van der Waals surface area contributed by atoms with E-state index >= 15 is 0 Å². The third kappa shape index (κ3) is 3.68. The van der Waals surface area contributed by atoms with Crippen LogP contribution in [0.1, 0.15) is 26.3 Å². The molecule has 0 aromatic heterocycles. The highest BCUT2D eigenvalue weighted by Gasteiger charge is 2.21. The highest BCUT2D eigenvalue weighted by Crippen LogP contribution is 2.21. The van der Waals surface area contributed by atoms with Crippen LogP contribution in [0.25, 0.3) is 0 Å². The van der Waals surface area contributed by atoms with E-state index in [4.69, 9.17) is 10.5 Å². The Morgan fingerprint density at radius 3 is 2.56 bits per heavy atom. The number of ether oxygens (including phenoxy) is 1. The zero-order valence-corrected chi connectivity index (χ0v) is 11.7. The summed E-state index contributed by atoms with van der Waals surface area (Å²) in [4.78, 5) is 2.11. The van der Waals surface area contributed by atoms with Gasteiger partial charge in [-0.1, -0.05) is 6.07 Å². The third-order valence-corrected chi connectivity index (χ3v) is 3.25. The fourth-order valence-electron chi connectivity index (χ4n) is 1.56. The van der Waals surface area contributed by atoms with Crippen LogP contribution in [-0.4, -0.2) is 30.6 Å². The van der Waals surface area contributed by atoms with Gasteiger partial charge in [-0.05, 0) is 45.5 Å². The predicted octanol–water partition coefficient (Wildman–Crippen LogP) is 2.39. The van der Waals surface area contributed by atoms with Crippen LogP contribution in [0.4, 0.5) is 4.39 Å². The molecule has 102 valence electrons. The van der Waals surface area contributed by atoms with Crippen molar-refractivity contribution in [3.05, 3.63) is 29.6 Å². The molecule has 1 aromatic rings. The van der Waals surface area contributed by atoms with Crippen molar-refractivity contribution in [1.82, 2.24) is 4.90 Å². The van der Waals surface area contributed by atoms with Crippen molar-refractivity contribution in [2.75, 3.05) is 20.2 Å². The molecule has 0 saturated carbocycles. The lowest BCUT2D eigenvalue weighted by Crippen LogP contribution is -2.46. The van der Waals surface area contributed by atoms with Crippen molar-refractivity contribution in [3.63, 3.8) is 0 Å². The van der Waals surface area contributed by atoms with E-state index in [0.29, 0.717) is 25.4 Å². The summed E-state index contributed by atoms with van der Waals surface area (Å²) in [5.74, 6) is -0.00436. The number of nitrogens with two attached hydrogens (primary N) is 1. The molecule has 0 radical (unpaired) electrons. The predicted molar refractivity (Wildman–Crippen MR) is 72.2 cm³/mol. The van der Waals surface area contributed by atoms with Crippen molar-refractivity contribution < 1.29 is 9.13 Å². The summed E-state index contributed by atoms with van der Waals surface area (Å²) in [5.41, 5.74) is 6.53. The maximum absolute atomic E-state index is 13.7.